The van der Waals surface area contributed by atoms with Gasteiger partial charge in [-0.25, -0.2) is 4.39 Å². The van der Waals surface area contributed by atoms with Gasteiger partial charge in [-0.05, 0) is 37.3 Å². The minimum absolute atomic E-state index is 0.00165. The Labute approximate surface area is 139 Å². The van der Waals surface area contributed by atoms with Crippen LogP contribution in [-0.4, -0.2) is 25.4 Å². The molecule has 1 aliphatic heterocycles. The predicted molar refractivity (Wildman–Crippen MR) is 89.6 cm³/mol. The fourth-order valence-corrected chi connectivity index (χ4v) is 2.70. The van der Waals surface area contributed by atoms with Crippen LogP contribution in [0.1, 0.15) is 30.4 Å². The van der Waals surface area contributed by atoms with Crippen LogP contribution in [0, 0.1) is 5.82 Å². The van der Waals surface area contributed by atoms with Gasteiger partial charge in [-0.3, -0.25) is 9.79 Å². The summed E-state index contributed by atoms with van der Waals surface area (Å²) < 4.78 is 23.7. The maximum atomic E-state index is 12.9. The van der Waals surface area contributed by atoms with Gasteiger partial charge >= 0.3 is 5.97 Å². The number of aliphatic imine (C=N–C) groups is 1. The lowest BCUT2D eigenvalue weighted by Crippen LogP contribution is -2.11. The molecule has 3 rings (SSSR count). The number of hydrogen-bond acceptors (Lipinski definition) is 4. The fraction of sp³-hybridized carbons (Fsp3) is 0.263. The third-order valence-electron chi connectivity index (χ3n) is 3.84. The zero-order valence-corrected chi connectivity index (χ0v) is 13.4. The van der Waals surface area contributed by atoms with E-state index in [0.717, 1.165) is 16.9 Å². The first kappa shape index (κ1) is 16.2. The molecular formula is C19H18FNO3. The summed E-state index contributed by atoms with van der Waals surface area (Å²) in [7, 11) is 0. The van der Waals surface area contributed by atoms with Gasteiger partial charge in [0.1, 0.15) is 11.6 Å². The summed E-state index contributed by atoms with van der Waals surface area (Å²) in [4.78, 5) is 16.0. The predicted octanol–water partition coefficient (Wildman–Crippen LogP) is 4.01. The average Bonchev–Trinajstić information content (AvgIpc) is 2.98. The van der Waals surface area contributed by atoms with Gasteiger partial charge < -0.3 is 9.47 Å². The number of benzene rings is 2. The van der Waals surface area contributed by atoms with Crippen molar-refractivity contribution in [1.29, 1.82) is 0 Å². The summed E-state index contributed by atoms with van der Waals surface area (Å²) >= 11 is 0. The summed E-state index contributed by atoms with van der Waals surface area (Å²) in [6.45, 7) is 2.63. The van der Waals surface area contributed by atoms with Gasteiger partial charge in [0.25, 0.3) is 0 Å². The number of nitrogens with zero attached hydrogens (tertiary/aromatic N) is 1. The molecule has 1 unspecified atom stereocenters. The van der Waals surface area contributed by atoms with E-state index in [9.17, 15) is 9.18 Å². The van der Waals surface area contributed by atoms with E-state index in [0.29, 0.717) is 25.3 Å². The number of carbonyl (C=O) groups excluding carboxylic acids is 1. The standard InChI is InChI=1S/C19H18FNO3/c1-2-23-18(22)10-14-12-24-19-13(4-3-5-17(14)19)11-21-16-8-6-15(20)7-9-16/h3-9,11,14H,2,10,12H2,1H3/b21-11+. The van der Waals surface area contributed by atoms with Crippen molar-refractivity contribution in [2.45, 2.75) is 19.3 Å². The van der Waals surface area contributed by atoms with Crippen molar-refractivity contribution in [3.8, 4) is 5.75 Å². The van der Waals surface area contributed by atoms with Crippen LogP contribution in [0.2, 0.25) is 0 Å². The van der Waals surface area contributed by atoms with Gasteiger partial charge in [0.05, 0.1) is 25.3 Å². The highest BCUT2D eigenvalue weighted by atomic mass is 19.1. The zero-order chi connectivity index (χ0) is 16.9. The molecular weight excluding hydrogens is 309 g/mol. The zero-order valence-electron chi connectivity index (χ0n) is 13.4. The van der Waals surface area contributed by atoms with Crippen LogP contribution in [0.15, 0.2) is 47.5 Å². The first-order chi connectivity index (χ1) is 11.7. The third kappa shape index (κ3) is 3.62. The summed E-state index contributed by atoms with van der Waals surface area (Å²) in [6.07, 6.45) is 2.00. The Kier molecular flexibility index (Phi) is 4.89. The van der Waals surface area contributed by atoms with E-state index in [-0.39, 0.29) is 17.7 Å². The minimum atomic E-state index is -0.292. The quantitative estimate of drug-likeness (QED) is 0.616. The Hall–Kier alpha value is -2.69. The molecule has 2 aromatic rings. The first-order valence-electron chi connectivity index (χ1n) is 7.88. The van der Waals surface area contributed by atoms with Crippen LogP contribution in [-0.2, 0) is 9.53 Å². The van der Waals surface area contributed by atoms with E-state index in [2.05, 4.69) is 4.99 Å². The Morgan fingerprint density at radius 2 is 2.12 bits per heavy atom. The number of halogens is 1. The molecule has 0 saturated carbocycles. The number of esters is 1. The topological polar surface area (TPSA) is 47.9 Å². The molecule has 0 N–H and O–H groups in total. The largest absolute Gasteiger partial charge is 0.492 e. The van der Waals surface area contributed by atoms with Gasteiger partial charge in [-0.1, -0.05) is 12.1 Å². The molecule has 0 radical (unpaired) electrons. The molecule has 0 aliphatic carbocycles. The van der Waals surface area contributed by atoms with Gasteiger partial charge in [-0.2, -0.15) is 0 Å². The molecule has 1 atom stereocenters. The van der Waals surface area contributed by atoms with Crippen LogP contribution in [0.5, 0.6) is 5.75 Å². The third-order valence-corrected chi connectivity index (χ3v) is 3.84. The SMILES string of the molecule is CCOC(=O)CC1COc2c(/C=N/c3ccc(F)cc3)cccc21. The highest BCUT2D eigenvalue weighted by molar-refractivity contribution is 5.86. The molecule has 0 amide bonds. The number of hydrogen-bond donors (Lipinski definition) is 0. The maximum Gasteiger partial charge on any atom is 0.306 e. The molecule has 24 heavy (non-hydrogen) atoms. The van der Waals surface area contributed by atoms with Crippen molar-refractivity contribution < 1.29 is 18.7 Å². The van der Waals surface area contributed by atoms with Crippen molar-refractivity contribution >= 4 is 17.9 Å². The van der Waals surface area contributed by atoms with E-state index in [4.69, 9.17) is 9.47 Å². The van der Waals surface area contributed by atoms with Crippen molar-refractivity contribution in [2.75, 3.05) is 13.2 Å². The molecule has 2 aromatic carbocycles. The molecule has 0 aromatic heterocycles. The molecule has 1 heterocycles. The Morgan fingerprint density at radius 1 is 1.33 bits per heavy atom. The Balaban J connectivity index is 1.78. The van der Waals surface area contributed by atoms with Crippen LogP contribution in [0.4, 0.5) is 10.1 Å². The normalized spacial score (nSPS) is 16.0. The lowest BCUT2D eigenvalue weighted by Gasteiger charge is -2.08. The molecule has 124 valence electrons. The van der Waals surface area contributed by atoms with Gasteiger partial charge in [0.2, 0.25) is 0 Å². The first-order valence-corrected chi connectivity index (χ1v) is 7.88. The second-order valence-corrected chi connectivity index (χ2v) is 5.52. The summed E-state index contributed by atoms with van der Waals surface area (Å²) in [5.41, 5.74) is 2.49. The average molecular weight is 327 g/mol. The second-order valence-electron chi connectivity index (χ2n) is 5.52. The lowest BCUT2D eigenvalue weighted by atomic mass is 9.96. The minimum Gasteiger partial charge on any atom is -0.492 e. The van der Waals surface area contributed by atoms with Crippen LogP contribution >= 0.6 is 0 Å². The van der Waals surface area contributed by atoms with Crippen LogP contribution in [0.3, 0.4) is 0 Å². The fourth-order valence-electron chi connectivity index (χ4n) is 2.70. The smallest absolute Gasteiger partial charge is 0.306 e. The van der Waals surface area contributed by atoms with Crippen molar-refractivity contribution in [3.05, 3.63) is 59.4 Å². The number of ether oxygens (including phenoxy) is 2. The monoisotopic (exact) mass is 327 g/mol. The Bertz CT molecular complexity index is 756. The number of para-hydroxylation sites is 1. The molecule has 4 nitrogen and oxygen atoms in total. The van der Waals surface area contributed by atoms with Crippen molar-refractivity contribution in [3.63, 3.8) is 0 Å². The molecule has 5 heteroatoms. The molecule has 0 saturated heterocycles. The molecule has 0 spiro atoms. The van der Waals surface area contributed by atoms with Gasteiger partial charge in [0, 0.05) is 23.3 Å². The second kappa shape index (κ2) is 7.25. The van der Waals surface area contributed by atoms with Crippen LogP contribution in [0.25, 0.3) is 0 Å². The summed E-state index contributed by atoms with van der Waals surface area (Å²) in [6, 6.07) is 11.7. The van der Waals surface area contributed by atoms with Crippen LogP contribution < -0.4 is 4.74 Å². The van der Waals surface area contributed by atoms with E-state index in [1.165, 1.54) is 12.1 Å². The lowest BCUT2D eigenvalue weighted by molar-refractivity contribution is -0.143. The van der Waals surface area contributed by atoms with Crippen molar-refractivity contribution in [2.24, 2.45) is 4.99 Å². The summed E-state index contributed by atoms with van der Waals surface area (Å²) in [5.74, 6) is 0.236. The summed E-state index contributed by atoms with van der Waals surface area (Å²) in [5, 5.41) is 0. The molecule has 0 bridgehead atoms. The van der Waals surface area contributed by atoms with Gasteiger partial charge in [0.15, 0.2) is 0 Å². The number of carbonyl (C=O) groups is 1. The highest BCUT2D eigenvalue weighted by Gasteiger charge is 2.28. The molecule has 1 aliphatic rings. The Morgan fingerprint density at radius 3 is 2.88 bits per heavy atom. The highest BCUT2D eigenvalue weighted by Crippen LogP contribution is 2.38. The van der Waals surface area contributed by atoms with E-state index >= 15 is 0 Å². The van der Waals surface area contributed by atoms with E-state index in [1.807, 2.05) is 18.2 Å². The van der Waals surface area contributed by atoms with E-state index < -0.39 is 0 Å². The van der Waals surface area contributed by atoms with E-state index in [1.54, 1.807) is 25.3 Å². The number of rotatable bonds is 5. The van der Waals surface area contributed by atoms with Gasteiger partial charge in [-0.15, -0.1) is 0 Å². The number of fused-ring (bicyclic) bond motifs is 1. The van der Waals surface area contributed by atoms with Crippen molar-refractivity contribution in [1.82, 2.24) is 0 Å². The molecule has 0 fully saturated rings. The maximum absolute atomic E-state index is 12.9.